The Morgan fingerprint density at radius 1 is 1.36 bits per heavy atom. The Morgan fingerprint density at radius 2 is 2.14 bits per heavy atom. The van der Waals surface area contributed by atoms with Crippen molar-refractivity contribution < 1.29 is 18.8 Å². The van der Waals surface area contributed by atoms with Crippen LogP contribution in [-0.4, -0.2) is 59.6 Å². The number of hydrogen-bond donors (Lipinski definition) is 1. The second kappa shape index (κ2) is 9.36. The van der Waals surface area contributed by atoms with Gasteiger partial charge in [-0.1, -0.05) is 17.3 Å². The van der Waals surface area contributed by atoms with E-state index in [0.29, 0.717) is 38.5 Å². The number of aromatic nitrogens is 1. The van der Waals surface area contributed by atoms with Crippen LogP contribution in [0.1, 0.15) is 24.6 Å². The molecule has 8 heteroatoms. The molecule has 2 aromatic rings. The standard InChI is InChI=1S/C20H26N4O4/c1-3-27-17-6-4-15(5-7-17)13-24-10-9-21-20(26)18(24)12-19(25)23(2)14-16-8-11-28-22-16/h4-8,11,18H,3,9-10,12-14H2,1-2H3,(H,21,26)/t18-/m1/s1. The zero-order chi connectivity index (χ0) is 19.9. The molecule has 1 aromatic carbocycles. The van der Waals surface area contributed by atoms with Gasteiger partial charge in [-0.25, -0.2) is 0 Å². The molecule has 0 spiro atoms. The van der Waals surface area contributed by atoms with Crippen LogP contribution < -0.4 is 10.1 Å². The zero-order valence-corrected chi connectivity index (χ0v) is 16.3. The lowest BCUT2D eigenvalue weighted by molar-refractivity contribution is -0.138. The third-order valence-corrected chi connectivity index (χ3v) is 4.75. The van der Waals surface area contributed by atoms with Crippen molar-refractivity contribution in [1.82, 2.24) is 20.3 Å². The van der Waals surface area contributed by atoms with E-state index < -0.39 is 6.04 Å². The molecule has 0 bridgehead atoms. The number of rotatable bonds is 8. The molecule has 1 aliphatic rings. The molecule has 2 heterocycles. The molecular weight excluding hydrogens is 360 g/mol. The van der Waals surface area contributed by atoms with Gasteiger partial charge < -0.3 is 19.5 Å². The van der Waals surface area contributed by atoms with Gasteiger partial charge in [0.1, 0.15) is 17.7 Å². The van der Waals surface area contributed by atoms with Crippen molar-refractivity contribution in [3.8, 4) is 5.75 Å². The maximum absolute atomic E-state index is 12.6. The van der Waals surface area contributed by atoms with Crippen LogP contribution in [0.5, 0.6) is 5.75 Å². The third kappa shape index (κ3) is 5.10. The van der Waals surface area contributed by atoms with Gasteiger partial charge in [0.15, 0.2) is 0 Å². The number of carbonyl (C=O) groups is 2. The van der Waals surface area contributed by atoms with Gasteiger partial charge in [-0.3, -0.25) is 14.5 Å². The lowest BCUT2D eigenvalue weighted by Crippen LogP contribution is -2.56. The number of amides is 2. The Balaban J connectivity index is 1.63. The van der Waals surface area contributed by atoms with Crippen molar-refractivity contribution >= 4 is 11.8 Å². The topological polar surface area (TPSA) is 87.9 Å². The Kier molecular flexibility index (Phi) is 6.65. The molecule has 1 fully saturated rings. The summed E-state index contributed by atoms with van der Waals surface area (Å²) < 4.78 is 10.3. The SMILES string of the molecule is CCOc1ccc(CN2CCNC(=O)[C@H]2CC(=O)N(C)Cc2ccon2)cc1. The highest BCUT2D eigenvalue weighted by atomic mass is 16.5. The van der Waals surface area contributed by atoms with Crippen molar-refractivity contribution in [2.45, 2.75) is 32.5 Å². The summed E-state index contributed by atoms with van der Waals surface area (Å²) in [7, 11) is 1.70. The Hall–Kier alpha value is -2.87. The fourth-order valence-corrected chi connectivity index (χ4v) is 3.24. The lowest BCUT2D eigenvalue weighted by Gasteiger charge is -2.35. The first-order valence-corrected chi connectivity index (χ1v) is 9.43. The Bertz CT molecular complexity index is 776. The highest BCUT2D eigenvalue weighted by Gasteiger charge is 2.32. The number of nitrogens with one attached hydrogen (secondary N) is 1. The van der Waals surface area contributed by atoms with Gasteiger partial charge in [0, 0.05) is 32.7 Å². The molecule has 1 aromatic heterocycles. The van der Waals surface area contributed by atoms with Crippen LogP contribution in [0, 0.1) is 0 Å². The summed E-state index contributed by atoms with van der Waals surface area (Å²) in [6.07, 6.45) is 1.60. The smallest absolute Gasteiger partial charge is 0.237 e. The van der Waals surface area contributed by atoms with E-state index in [1.807, 2.05) is 31.2 Å². The van der Waals surface area contributed by atoms with E-state index in [4.69, 9.17) is 9.26 Å². The lowest BCUT2D eigenvalue weighted by atomic mass is 10.1. The van der Waals surface area contributed by atoms with Gasteiger partial charge in [-0.2, -0.15) is 0 Å². The maximum Gasteiger partial charge on any atom is 0.237 e. The van der Waals surface area contributed by atoms with Crippen LogP contribution in [0.3, 0.4) is 0 Å². The molecule has 0 saturated carbocycles. The average Bonchev–Trinajstić information content (AvgIpc) is 3.19. The van der Waals surface area contributed by atoms with Crippen molar-refractivity contribution in [3.05, 3.63) is 47.9 Å². The van der Waals surface area contributed by atoms with Crippen molar-refractivity contribution in [2.24, 2.45) is 0 Å². The molecule has 1 saturated heterocycles. The minimum atomic E-state index is -0.493. The van der Waals surface area contributed by atoms with Gasteiger partial charge in [0.25, 0.3) is 0 Å². The molecule has 3 rings (SSSR count). The molecule has 0 radical (unpaired) electrons. The predicted molar refractivity (Wildman–Crippen MR) is 102 cm³/mol. The van der Waals surface area contributed by atoms with Crippen molar-refractivity contribution in [3.63, 3.8) is 0 Å². The van der Waals surface area contributed by atoms with Crippen LogP contribution in [0.25, 0.3) is 0 Å². The second-order valence-electron chi connectivity index (χ2n) is 6.80. The molecule has 150 valence electrons. The van der Waals surface area contributed by atoms with Gasteiger partial charge in [0.2, 0.25) is 11.8 Å². The first-order chi connectivity index (χ1) is 13.6. The van der Waals surface area contributed by atoms with Gasteiger partial charge in [0.05, 0.1) is 25.6 Å². The van der Waals surface area contributed by atoms with E-state index in [0.717, 1.165) is 11.3 Å². The Morgan fingerprint density at radius 3 is 2.82 bits per heavy atom. The van der Waals surface area contributed by atoms with Gasteiger partial charge in [-0.15, -0.1) is 0 Å². The number of nitrogens with zero attached hydrogens (tertiary/aromatic N) is 3. The molecule has 0 aliphatic carbocycles. The van der Waals surface area contributed by atoms with Crippen LogP contribution in [0.15, 0.2) is 41.1 Å². The van der Waals surface area contributed by atoms with E-state index in [-0.39, 0.29) is 18.2 Å². The minimum Gasteiger partial charge on any atom is -0.494 e. The summed E-state index contributed by atoms with van der Waals surface area (Å²) in [5.74, 6) is 0.603. The molecule has 28 heavy (non-hydrogen) atoms. The monoisotopic (exact) mass is 386 g/mol. The summed E-state index contributed by atoms with van der Waals surface area (Å²) >= 11 is 0. The second-order valence-corrected chi connectivity index (χ2v) is 6.80. The summed E-state index contributed by atoms with van der Waals surface area (Å²) in [6, 6.07) is 9.06. The van der Waals surface area contributed by atoms with Crippen molar-refractivity contribution in [2.75, 3.05) is 26.7 Å². The zero-order valence-electron chi connectivity index (χ0n) is 16.3. The molecule has 2 amide bonds. The van der Waals surface area contributed by atoms with E-state index in [2.05, 4.69) is 15.4 Å². The fourth-order valence-electron chi connectivity index (χ4n) is 3.24. The van der Waals surface area contributed by atoms with E-state index in [9.17, 15) is 9.59 Å². The summed E-state index contributed by atoms with van der Waals surface area (Å²) in [4.78, 5) is 28.7. The Labute approximate surface area is 164 Å². The molecular formula is C20H26N4O4. The summed E-state index contributed by atoms with van der Waals surface area (Å²) in [5.41, 5.74) is 1.75. The molecule has 1 atom stereocenters. The van der Waals surface area contributed by atoms with Crippen LogP contribution in [0.2, 0.25) is 0 Å². The highest BCUT2D eigenvalue weighted by Crippen LogP contribution is 2.18. The fraction of sp³-hybridized carbons (Fsp3) is 0.450. The van der Waals surface area contributed by atoms with E-state index >= 15 is 0 Å². The first kappa shape index (κ1) is 19.9. The maximum atomic E-state index is 12.6. The average molecular weight is 386 g/mol. The van der Waals surface area contributed by atoms with Crippen LogP contribution in [-0.2, 0) is 22.7 Å². The predicted octanol–water partition coefficient (Wildman–Crippen LogP) is 1.42. The molecule has 1 N–H and O–H groups in total. The van der Waals surface area contributed by atoms with E-state index in [1.54, 1.807) is 18.0 Å². The number of hydrogen-bond acceptors (Lipinski definition) is 6. The highest BCUT2D eigenvalue weighted by molar-refractivity contribution is 5.88. The normalized spacial score (nSPS) is 17.2. The summed E-state index contributed by atoms with van der Waals surface area (Å²) in [5, 5.41) is 6.69. The number of carbonyl (C=O) groups excluding carboxylic acids is 2. The minimum absolute atomic E-state index is 0.109. The van der Waals surface area contributed by atoms with Gasteiger partial charge in [-0.05, 0) is 24.6 Å². The van der Waals surface area contributed by atoms with Gasteiger partial charge >= 0.3 is 0 Å². The largest absolute Gasteiger partial charge is 0.494 e. The molecule has 1 aliphatic heterocycles. The van der Waals surface area contributed by atoms with Crippen LogP contribution >= 0.6 is 0 Å². The number of benzene rings is 1. The number of ether oxygens (including phenoxy) is 1. The molecule has 0 unspecified atom stereocenters. The quantitative estimate of drug-likeness (QED) is 0.738. The third-order valence-electron chi connectivity index (χ3n) is 4.75. The molecule has 8 nitrogen and oxygen atoms in total. The van der Waals surface area contributed by atoms with Crippen molar-refractivity contribution in [1.29, 1.82) is 0 Å². The first-order valence-electron chi connectivity index (χ1n) is 9.43. The van der Waals surface area contributed by atoms with Crippen LogP contribution in [0.4, 0.5) is 0 Å². The summed E-state index contributed by atoms with van der Waals surface area (Å²) in [6.45, 7) is 4.80. The number of piperazine rings is 1. The van der Waals surface area contributed by atoms with E-state index in [1.165, 1.54) is 6.26 Å².